The molecule has 0 bridgehead atoms. The maximum atomic E-state index is 13.6. The van der Waals surface area contributed by atoms with Crippen LogP contribution < -0.4 is 15.5 Å². The molecule has 0 radical (unpaired) electrons. The van der Waals surface area contributed by atoms with E-state index in [1.54, 1.807) is 24.3 Å². The fourth-order valence-electron chi connectivity index (χ4n) is 2.91. The first-order valence-corrected chi connectivity index (χ1v) is 8.90. The van der Waals surface area contributed by atoms with Gasteiger partial charge < -0.3 is 14.5 Å². The molecule has 0 aliphatic heterocycles. The van der Waals surface area contributed by atoms with Crippen LogP contribution in [0.4, 0.5) is 10.1 Å². The molecule has 1 heterocycles. The van der Waals surface area contributed by atoms with Gasteiger partial charge in [-0.05, 0) is 29.8 Å². The highest BCUT2D eigenvalue weighted by molar-refractivity contribution is 5.92. The van der Waals surface area contributed by atoms with Gasteiger partial charge in [0.05, 0.1) is 16.6 Å². The third kappa shape index (κ3) is 4.01. The van der Waals surface area contributed by atoms with Crippen molar-refractivity contribution in [3.63, 3.8) is 0 Å². The molecular formula is C23H16FNO4. The highest BCUT2D eigenvalue weighted by atomic mass is 19.1. The number of fused-ring (bicyclic) bond motifs is 1. The van der Waals surface area contributed by atoms with Gasteiger partial charge in [0.1, 0.15) is 23.4 Å². The molecule has 0 saturated heterocycles. The Bertz CT molecular complexity index is 1230. The van der Waals surface area contributed by atoms with Gasteiger partial charge in [0, 0.05) is 6.07 Å². The average Bonchev–Trinajstić information content (AvgIpc) is 2.75. The Morgan fingerprint density at radius 1 is 1.00 bits per heavy atom. The highest BCUT2D eigenvalue weighted by Crippen LogP contribution is 2.23. The number of carbonyl (C=O) groups excluding carboxylic acids is 1. The van der Waals surface area contributed by atoms with Crippen LogP contribution in [-0.2, 0) is 4.79 Å². The highest BCUT2D eigenvalue weighted by Gasteiger charge is 2.11. The number of para-hydroxylation sites is 1. The third-order valence-electron chi connectivity index (χ3n) is 4.35. The van der Waals surface area contributed by atoms with Gasteiger partial charge in [0.15, 0.2) is 12.0 Å². The average molecular weight is 389 g/mol. The van der Waals surface area contributed by atoms with Crippen LogP contribution in [-0.4, -0.2) is 12.5 Å². The zero-order valence-electron chi connectivity index (χ0n) is 15.2. The molecule has 1 N–H and O–H groups in total. The Labute approximate surface area is 165 Å². The van der Waals surface area contributed by atoms with Gasteiger partial charge in [-0.25, -0.2) is 4.39 Å². The predicted octanol–water partition coefficient (Wildman–Crippen LogP) is 4.62. The monoisotopic (exact) mass is 389 g/mol. The molecule has 4 rings (SSSR count). The largest absolute Gasteiger partial charge is 0.484 e. The van der Waals surface area contributed by atoms with Gasteiger partial charge in [-0.3, -0.25) is 9.59 Å². The van der Waals surface area contributed by atoms with E-state index in [1.165, 1.54) is 24.5 Å². The molecule has 0 atom stereocenters. The molecule has 29 heavy (non-hydrogen) atoms. The van der Waals surface area contributed by atoms with Crippen molar-refractivity contribution in [1.82, 2.24) is 0 Å². The molecular weight excluding hydrogens is 373 g/mol. The normalized spacial score (nSPS) is 10.7. The molecule has 0 saturated carbocycles. The van der Waals surface area contributed by atoms with E-state index in [9.17, 15) is 14.0 Å². The van der Waals surface area contributed by atoms with Crippen molar-refractivity contribution in [3.05, 3.63) is 95.1 Å². The van der Waals surface area contributed by atoms with Gasteiger partial charge in [0.25, 0.3) is 5.91 Å². The number of nitrogens with one attached hydrogen (secondary N) is 1. The van der Waals surface area contributed by atoms with Crippen molar-refractivity contribution in [2.24, 2.45) is 0 Å². The summed E-state index contributed by atoms with van der Waals surface area (Å²) in [7, 11) is 0. The van der Waals surface area contributed by atoms with E-state index < -0.39 is 11.7 Å². The summed E-state index contributed by atoms with van der Waals surface area (Å²) in [6.45, 7) is -0.313. The van der Waals surface area contributed by atoms with Gasteiger partial charge in [-0.2, -0.15) is 0 Å². The number of amides is 1. The summed E-state index contributed by atoms with van der Waals surface area (Å²) in [5.74, 6) is -0.671. The molecule has 0 fully saturated rings. The first-order valence-electron chi connectivity index (χ1n) is 8.90. The second-order valence-corrected chi connectivity index (χ2v) is 6.32. The minimum atomic E-state index is -0.525. The number of rotatable bonds is 5. The maximum Gasteiger partial charge on any atom is 0.262 e. The van der Waals surface area contributed by atoms with Gasteiger partial charge in [-0.1, -0.05) is 42.5 Å². The molecule has 0 unspecified atom stereocenters. The number of benzene rings is 3. The number of anilines is 1. The van der Waals surface area contributed by atoms with E-state index in [-0.39, 0.29) is 17.7 Å². The first kappa shape index (κ1) is 18.4. The zero-order valence-corrected chi connectivity index (χ0v) is 15.2. The van der Waals surface area contributed by atoms with Crippen LogP contribution in [0.2, 0.25) is 0 Å². The molecule has 1 amide bonds. The summed E-state index contributed by atoms with van der Waals surface area (Å²) < 4.78 is 24.6. The lowest BCUT2D eigenvalue weighted by Gasteiger charge is -2.09. The van der Waals surface area contributed by atoms with Crippen molar-refractivity contribution in [2.75, 3.05) is 11.9 Å². The van der Waals surface area contributed by atoms with Crippen molar-refractivity contribution < 1.29 is 18.3 Å². The molecule has 0 aliphatic rings. The molecule has 1 aromatic heterocycles. The third-order valence-corrected chi connectivity index (χ3v) is 4.35. The fourth-order valence-corrected chi connectivity index (χ4v) is 2.91. The van der Waals surface area contributed by atoms with Crippen LogP contribution >= 0.6 is 0 Å². The van der Waals surface area contributed by atoms with E-state index in [1.807, 2.05) is 30.3 Å². The van der Waals surface area contributed by atoms with E-state index >= 15 is 0 Å². The SMILES string of the molecule is O=C(COc1ccc2c(=O)c(-c3ccccc3)coc2c1)Nc1ccccc1F. The van der Waals surface area contributed by atoms with Crippen molar-refractivity contribution in [2.45, 2.75) is 0 Å². The van der Waals surface area contributed by atoms with E-state index in [2.05, 4.69) is 5.32 Å². The molecule has 0 spiro atoms. The topological polar surface area (TPSA) is 68.5 Å². The molecule has 0 aliphatic carbocycles. The molecule has 144 valence electrons. The van der Waals surface area contributed by atoms with Crippen LogP contribution in [0.25, 0.3) is 22.1 Å². The number of hydrogen-bond donors (Lipinski definition) is 1. The number of carbonyl (C=O) groups is 1. The van der Waals surface area contributed by atoms with Crippen LogP contribution in [0, 0.1) is 5.82 Å². The Morgan fingerprint density at radius 2 is 1.76 bits per heavy atom. The molecule has 5 nitrogen and oxygen atoms in total. The second-order valence-electron chi connectivity index (χ2n) is 6.32. The molecule has 6 heteroatoms. The molecule has 3 aromatic carbocycles. The summed E-state index contributed by atoms with van der Waals surface area (Å²) in [5.41, 5.74) is 1.52. The van der Waals surface area contributed by atoms with Crippen molar-refractivity contribution >= 4 is 22.6 Å². The maximum absolute atomic E-state index is 13.6. The summed E-state index contributed by atoms with van der Waals surface area (Å²) in [6.07, 6.45) is 1.41. The van der Waals surface area contributed by atoms with E-state index in [0.29, 0.717) is 22.3 Å². The van der Waals surface area contributed by atoms with Crippen molar-refractivity contribution in [3.8, 4) is 16.9 Å². The lowest BCUT2D eigenvalue weighted by molar-refractivity contribution is -0.118. The minimum absolute atomic E-state index is 0.0825. The minimum Gasteiger partial charge on any atom is -0.484 e. The molecule has 4 aromatic rings. The van der Waals surface area contributed by atoms with Crippen LogP contribution in [0.1, 0.15) is 0 Å². The summed E-state index contributed by atoms with van der Waals surface area (Å²) >= 11 is 0. The Hall–Kier alpha value is -3.93. The lowest BCUT2D eigenvalue weighted by atomic mass is 10.1. The summed E-state index contributed by atoms with van der Waals surface area (Å²) in [5, 5.41) is 2.85. The van der Waals surface area contributed by atoms with Gasteiger partial charge in [-0.15, -0.1) is 0 Å². The van der Waals surface area contributed by atoms with Gasteiger partial charge in [0.2, 0.25) is 0 Å². The first-order chi connectivity index (χ1) is 14.1. The van der Waals surface area contributed by atoms with Crippen molar-refractivity contribution in [1.29, 1.82) is 0 Å². The predicted molar refractivity (Wildman–Crippen MR) is 108 cm³/mol. The Kier molecular flexibility index (Phi) is 5.07. The second kappa shape index (κ2) is 7.98. The lowest BCUT2D eigenvalue weighted by Crippen LogP contribution is -2.20. The quantitative estimate of drug-likeness (QED) is 0.541. The standard InChI is InChI=1S/C23H16FNO4/c24-19-8-4-5-9-20(19)25-22(26)14-28-16-10-11-17-21(12-16)29-13-18(23(17)27)15-6-2-1-3-7-15/h1-13H,14H2,(H,25,26). The van der Waals surface area contributed by atoms with E-state index in [4.69, 9.17) is 9.15 Å². The number of ether oxygens (including phenoxy) is 1. The van der Waals surface area contributed by atoms with E-state index in [0.717, 1.165) is 5.56 Å². The van der Waals surface area contributed by atoms with Gasteiger partial charge >= 0.3 is 0 Å². The van der Waals surface area contributed by atoms with Crippen LogP contribution in [0.5, 0.6) is 5.75 Å². The summed E-state index contributed by atoms with van der Waals surface area (Å²) in [6, 6.07) is 19.8. The van der Waals surface area contributed by atoms with Crippen LogP contribution in [0.3, 0.4) is 0 Å². The Balaban J connectivity index is 1.50. The van der Waals surface area contributed by atoms with Crippen LogP contribution in [0.15, 0.2) is 88.3 Å². The number of hydrogen-bond acceptors (Lipinski definition) is 4. The summed E-state index contributed by atoms with van der Waals surface area (Å²) in [4.78, 5) is 24.7. The zero-order chi connectivity index (χ0) is 20.2. The Morgan fingerprint density at radius 3 is 2.55 bits per heavy atom. The number of halogens is 1. The fraction of sp³-hybridized carbons (Fsp3) is 0.0435. The smallest absolute Gasteiger partial charge is 0.262 e.